The lowest BCUT2D eigenvalue weighted by atomic mass is 10.1. The van der Waals surface area contributed by atoms with Gasteiger partial charge in [0, 0.05) is 24.5 Å². The largest absolute Gasteiger partial charge is 0.467 e. The summed E-state index contributed by atoms with van der Waals surface area (Å²) >= 11 is 1.12. The smallest absolute Gasteiger partial charge is 0.333 e. The van der Waals surface area contributed by atoms with Gasteiger partial charge in [0.1, 0.15) is 10.2 Å². The minimum Gasteiger partial charge on any atom is -0.467 e. The minimum atomic E-state index is -1.03. The normalized spacial score (nSPS) is 15.8. The highest BCUT2D eigenvalue weighted by molar-refractivity contribution is 7.17. The number of fused-ring (bicyclic) bond motifs is 1. The number of benzene rings is 2. The molecular formula is C29H28N6O4S. The number of nitriles is 1. The molecule has 1 fully saturated rings. The second kappa shape index (κ2) is 11.7. The van der Waals surface area contributed by atoms with Gasteiger partial charge in [0.2, 0.25) is 5.95 Å². The number of nitrogens with two attached hydrogens (primary N) is 1. The zero-order valence-electron chi connectivity index (χ0n) is 21.9. The maximum Gasteiger partial charge on any atom is 0.333 e. The summed E-state index contributed by atoms with van der Waals surface area (Å²) in [6.07, 6.45) is 1.69. The number of hydrogen-bond acceptors (Lipinski definition) is 9. The molecule has 1 saturated heterocycles. The first-order valence-electron chi connectivity index (χ1n) is 12.9. The van der Waals surface area contributed by atoms with Crippen LogP contribution in [0, 0.1) is 11.3 Å². The Balaban J connectivity index is 1.59. The first kappa shape index (κ1) is 27.1. The molecule has 4 aromatic rings. The zero-order valence-corrected chi connectivity index (χ0v) is 22.7. The summed E-state index contributed by atoms with van der Waals surface area (Å²) in [6.45, 7) is 1.29. The molecule has 204 valence electrons. The second-order valence-corrected chi connectivity index (χ2v) is 10.5. The Bertz CT molecular complexity index is 1660. The molecule has 2 unspecified atom stereocenters. The monoisotopic (exact) mass is 556 g/mol. The predicted octanol–water partition coefficient (Wildman–Crippen LogP) is 2.95. The topological polar surface area (TPSA) is 143 Å². The molecule has 11 heteroatoms. The van der Waals surface area contributed by atoms with Crippen molar-refractivity contribution in [3.05, 3.63) is 92.6 Å². The van der Waals surface area contributed by atoms with E-state index < -0.39 is 17.9 Å². The number of rotatable bonds is 7. The number of ether oxygens (including phenoxy) is 1. The molecule has 0 bridgehead atoms. The van der Waals surface area contributed by atoms with Crippen molar-refractivity contribution in [1.29, 1.82) is 5.26 Å². The number of thiophene rings is 1. The molecule has 0 saturated carbocycles. The van der Waals surface area contributed by atoms with Gasteiger partial charge in [-0.25, -0.2) is 9.78 Å². The highest BCUT2D eigenvalue weighted by Gasteiger charge is 2.28. The summed E-state index contributed by atoms with van der Waals surface area (Å²) < 4.78 is 6.79. The van der Waals surface area contributed by atoms with Crippen molar-refractivity contribution < 1.29 is 14.3 Å². The van der Waals surface area contributed by atoms with Crippen LogP contribution >= 0.6 is 11.3 Å². The first-order valence-corrected chi connectivity index (χ1v) is 13.7. The second-order valence-electron chi connectivity index (χ2n) is 9.59. The zero-order chi connectivity index (χ0) is 28.2. The number of carbonyl (C=O) groups excluding carboxylic acids is 2. The van der Waals surface area contributed by atoms with Crippen molar-refractivity contribution in [1.82, 2.24) is 14.9 Å². The molecular weight excluding hydrogens is 528 g/mol. The van der Waals surface area contributed by atoms with Crippen molar-refractivity contribution in [3.63, 3.8) is 0 Å². The fraction of sp³-hybridized carbons (Fsp3) is 0.276. The van der Waals surface area contributed by atoms with Gasteiger partial charge < -0.3 is 20.7 Å². The third kappa shape index (κ3) is 5.32. The van der Waals surface area contributed by atoms with Crippen LogP contribution in [0.3, 0.4) is 0 Å². The molecule has 2 aromatic carbocycles. The number of piperidine rings is 1. The fourth-order valence-corrected chi connectivity index (χ4v) is 5.85. The molecule has 1 aliphatic heterocycles. The van der Waals surface area contributed by atoms with Crippen LogP contribution in [-0.4, -0.2) is 47.7 Å². The van der Waals surface area contributed by atoms with Crippen molar-refractivity contribution >= 4 is 39.4 Å². The van der Waals surface area contributed by atoms with E-state index in [1.165, 1.54) is 7.11 Å². The summed E-state index contributed by atoms with van der Waals surface area (Å²) in [4.78, 5) is 46.8. The number of nitrogens with zero attached hydrogens (tertiary/aromatic N) is 4. The van der Waals surface area contributed by atoms with Crippen LogP contribution in [0.4, 0.5) is 5.95 Å². The number of methoxy groups -OCH3 is 1. The molecule has 40 heavy (non-hydrogen) atoms. The Kier molecular flexibility index (Phi) is 7.91. The third-order valence-corrected chi connectivity index (χ3v) is 7.91. The van der Waals surface area contributed by atoms with Gasteiger partial charge in [0.25, 0.3) is 11.5 Å². The molecule has 1 amide bonds. The van der Waals surface area contributed by atoms with Crippen molar-refractivity contribution in [2.24, 2.45) is 5.73 Å². The number of aromatic nitrogens is 2. The molecule has 3 heterocycles. The average molecular weight is 557 g/mol. The van der Waals surface area contributed by atoms with Crippen LogP contribution in [0.5, 0.6) is 0 Å². The van der Waals surface area contributed by atoms with E-state index in [2.05, 4.69) is 11.4 Å². The molecule has 0 aliphatic carbocycles. The van der Waals surface area contributed by atoms with Crippen LogP contribution in [0.25, 0.3) is 10.2 Å². The van der Waals surface area contributed by atoms with Gasteiger partial charge in [-0.3, -0.25) is 14.2 Å². The van der Waals surface area contributed by atoms with Crippen LogP contribution in [0.15, 0.2) is 64.8 Å². The Morgan fingerprint density at radius 3 is 2.70 bits per heavy atom. The SMILES string of the molecule is COC(=O)C(NC(=O)c1csc2c(=O)n(Cc3ccccc3C#N)c(N3CCCC(N)C3)nc12)c1ccccc1. The van der Waals surface area contributed by atoms with E-state index in [1.54, 1.807) is 46.3 Å². The predicted molar refractivity (Wildman–Crippen MR) is 152 cm³/mol. The summed E-state index contributed by atoms with van der Waals surface area (Å²) in [7, 11) is 1.26. The van der Waals surface area contributed by atoms with Gasteiger partial charge in [-0.2, -0.15) is 5.26 Å². The first-order chi connectivity index (χ1) is 19.4. The van der Waals surface area contributed by atoms with Gasteiger partial charge in [0.05, 0.1) is 30.9 Å². The quantitative estimate of drug-likeness (QED) is 0.331. The summed E-state index contributed by atoms with van der Waals surface area (Å²) in [5.41, 5.74) is 8.12. The molecule has 0 spiro atoms. The molecule has 5 rings (SSSR count). The van der Waals surface area contributed by atoms with Gasteiger partial charge in [-0.15, -0.1) is 11.3 Å². The Labute approximate surface area is 234 Å². The number of esters is 1. The number of carbonyl (C=O) groups is 2. The Morgan fingerprint density at radius 1 is 1.23 bits per heavy atom. The highest BCUT2D eigenvalue weighted by Crippen LogP contribution is 2.27. The lowest BCUT2D eigenvalue weighted by Crippen LogP contribution is -2.45. The van der Waals surface area contributed by atoms with E-state index in [9.17, 15) is 19.6 Å². The van der Waals surface area contributed by atoms with E-state index >= 15 is 0 Å². The maximum absolute atomic E-state index is 13.9. The van der Waals surface area contributed by atoms with E-state index in [-0.39, 0.29) is 29.2 Å². The third-order valence-electron chi connectivity index (χ3n) is 6.95. The van der Waals surface area contributed by atoms with Crippen LogP contribution in [-0.2, 0) is 16.1 Å². The lowest BCUT2D eigenvalue weighted by Gasteiger charge is -2.33. The van der Waals surface area contributed by atoms with E-state index in [1.807, 2.05) is 23.1 Å². The van der Waals surface area contributed by atoms with Crippen LogP contribution in [0.2, 0.25) is 0 Å². The number of nitrogens with one attached hydrogen (secondary N) is 1. The van der Waals surface area contributed by atoms with Gasteiger partial charge in [-0.1, -0.05) is 48.5 Å². The average Bonchev–Trinajstić information content (AvgIpc) is 3.42. The Morgan fingerprint density at radius 2 is 1.98 bits per heavy atom. The van der Waals surface area contributed by atoms with E-state index in [0.29, 0.717) is 40.4 Å². The lowest BCUT2D eigenvalue weighted by molar-refractivity contribution is -0.143. The summed E-state index contributed by atoms with van der Waals surface area (Å²) in [6, 6.07) is 17.0. The van der Waals surface area contributed by atoms with Crippen molar-refractivity contribution in [2.75, 3.05) is 25.1 Å². The maximum atomic E-state index is 13.9. The van der Waals surface area contributed by atoms with Gasteiger partial charge in [0.15, 0.2) is 6.04 Å². The van der Waals surface area contributed by atoms with Crippen molar-refractivity contribution in [3.8, 4) is 6.07 Å². The highest BCUT2D eigenvalue weighted by atomic mass is 32.1. The molecule has 1 aliphatic rings. The molecule has 2 atom stereocenters. The Hall–Kier alpha value is -4.53. The van der Waals surface area contributed by atoms with Crippen LogP contribution < -0.4 is 21.5 Å². The van der Waals surface area contributed by atoms with E-state index in [0.717, 1.165) is 24.2 Å². The van der Waals surface area contributed by atoms with Crippen LogP contribution in [0.1, 0.15) is 45.9 Å². The number of hydrogen-bond donors (Lipinski definition) is 2. The fourth-order valence-electron chi connectivity index (χ4n) is 4.91. The number of anilines is 1. The molecule has 0 radical (unpaired) electrons. The van der Waals surface area contributed by atoms with Crippen molar-refractivity contribution in [2.45, 2.75) is 31.5 Å². The molecule has 2 aromatic heterocycles. The molecule has 3 N–H and O–H groups in total. The minimum absolute atomic E-state index is 0.0851. The van der Waals surface area contributed by atoms with Gasteiger partial charge >= 0.3 is 5.97 Å². The summed E-state index contributed by atoms with van der Waals surface area (Å²) in [5, 5.41) is 13.9. The summed E-state index contributed by atoms with van der Waals surface area (Å²) in [5.74, 6) is -0.778. The van der Waals surface area contributed by atoms with E-state index in [4.69, 9.17) is 15.5 Å². The standard InChI is InChI=1S/C29H28N6O4S/c1-39-28(38)23(18-8-3-2-4-9-18)32-26(36)22-17-40-25-24(22)33-29(34-13-7-12-21(31)16-34)35(27(25)37)15-20-11-6-5-10-19(20)14-30/h2-6,8-11,17,21,23H,7,12-13,15-16,31H2,1H3,(H,32,36). The van der Waals surface area contributed by atoms with Gasteiger partial charge in [-0.05, 0) is 30.0 Å². The molecule has 10 nitrogen and oxygen atoms in total. The number of amides is 1.